The van der Waals surface area contributed by atoms with Crippen LogP contribution >= 0.6 is 0 Å². The first-order chi connectivity index (χ1) is 14.7. The number of hydrogen-bond acceptors (Lipinski definition) is 5. The highest BCUT2D eigenvalue weighted by molar-refractivity contribution is 5.95. The van der Waals surface area contributed by atoms with Crippen molar-refractivity contribution in [2.24, 2.45) is 5.92 Å². The minimum absolute atomic E-state index is 0.0257. The van der Waals surface area contributed by atoms with Crippen LogP contribution in [0.4, 0.5) is 11.5 Å². The minimum Gasteiger partial charge on any atom is -0.355 e. The maximum atomic E-state index is 13.3. The van der Waals surface area contributed by atoms with Crippen molar-refractivity contribution in [3.8, 4) is 0 Å². The molecule has 0 radical (unpaired) electrons. The summed E-state index contributed by atoms with van der Waals surface area (Å²) in [5.41, 5.74) is 4.28. The molecule has 30 heavy (non-hydrogen) atoms. The molecular formula is C23H28N6O. The Morgan fingerprint density at radius 3 is 2.87 bits per heavy atom. The smallest absolute Gasteiger partial charge is 0.231 e. The first-order valence-corrected chi connectivity index (χ1v) is 10.9. The van der Waals surface area contributed by atoms with Crippen LogP contribution in [0.25, 0.3) is 5.65 Å². The number of nitrogens with zero attached hydrogens (tertiary/aromatic N) is 5. The van der Waals surface area contributed by atoms with E-state index in [1.807, 2.05) is 54.2 Å². The number of benzene rings is 1. The summed E-state index contributed by atoms with van der Waals surface area (Å²) in [6, 6.07) is 11.9. The lowest BCUT2D eigenvalue weighted by Gasteiger charge is -2.36. The zero-order valence-corrected chi connectivity index (χ0v) is 17.4. The molecule has 2 aliphatic heterocycles. The van der Waals surface area contributed by atoms with Gasteiger partial charge in [0.1, 0.15) is 5.82 Å². The van der Waals surface area contributed by atoms with Crippen LogP contribution in [0.5, 0.6) is 0 Å². The third-order valence-electron chi connectivity index (χ3n) is 6.33. The van der Waals surface area contributed by atoms with Gasteiger partial charge in [0.25, 0.3) is 0 Å². The van der Waals surface area contributed by atoms with Gasteiger partial charge < -0.3 is 15.1 Å². The maximum Gasteiger partial charge on any atom is 0.231 e. The summed E-state index contributed by atoms with van der Waals surface area (Å²) in [5.74, 6) is 1.29. The third kappa shape index (κ3) is 3.43. The minimum atomic E-state index is -0.0257. The maximum absolute atomic E-state index is 13.3. The molecule has 3 aromatic rings. The number of fused-ring (bicyclic) bond motifs is 2. The molecule has 0 aliphatic carbocycles. The number of carbonyl (C=O) groups is 1. The summed E-state index contributed by atoms with van der Waals surface area (Å²) in [7, 11) is 1.88. The summed E-state index contributed by atoms with van der Waals surface area (Å²) in [4.78, 5) is 22.3. The predicted molar refractivity (Wildman–Crippen MR) is 118 cm³/mol. The SMILES string of the molecule is CN(C(=O)C1CCCN(c2c3c(nc4ccnn24)CCNCC3)C1)c1ccccc1. The van der Waals surface area contributed by atoms with Crippen LogP contribution < -0.4 is 15.1 Å². The third-order valence-corrected chi connectivity index (χ3v) is 6.33. The van der Waals surface area contributed by atoms with E-state index in [0.29, 0.717) is 0 Å². The molecular weight excluding hydrogens is 376 g/mol. The van der Waals surface area contributed by atoms with Crippen molar-refractivity contribution in [3.05, 3.63) is 53.9 Å². The van der Waals surface area contributed by atoms with Gasteiger partial charge in [-0.25, -0.2) is 4.98 Å². The zero-order chi connectivity index (χ0) is 20.5. The molecule has 1 saturated heterocycles. The Bertz CT molecular complexity index is 1050. The highest BCUT2D eigenvalue weighted by Gasteiger charge is 2.31. The lowest BCUT2D eigenvalue weighted by molar-refractivity contribution is -0.122. The molecule has 7 heteroatoms. The van der Waals surface area contributed by atoms with Crippen molar-refractivity contribution in [1.82, 2.24) is 19.9 Å². The molecule has 156 valence electrons. The molecule has 0 bridgehead atoms. The summed E-state index contributed by atoms with van der Waals surface area (Å²) < 4.78 is 1.97. The number of rotatable bonds is 3. The molecule has 1 fully saturated rings. The van der Waals surface area contributed by atoms with Gasteiger partial charge >= 0.3 is 0 Å². The van der Waals surface area contributed by atoms with Crippen molar-refractivity contribution in [3.63, 3.8) is 0 Å². The van der Waals surface area contributed by atoms with Crippen molar-refractivity contribution in [2.45, 2.75) is 25.7 Å². The molecule has 1 amide bonds. The number of para-hydroxylation sites is 1. The lowest BCUT2D eigenvalue weighted by Crippen LogP contribution is -2.45. The number of hydrogen-bond donors (Lipinski definition) is 1. The van der Waals surface area contributed by atoms with E-state index in [1.54, 1.807) is 4.90 Å². The molecule has 0 spiro atoms. The van der Waals surface area contributed by atoms with Gasteiger partial charge in [0.15, 0.2) is 5.65 Å². The first kappa shape index (κ1) is 19.1. The summed E-state index contributed by atoms with van der Waals surface area (Å²) in [6.07, 6.45) is 5.60. The molecule has 1 aromatic carbocycles. The fourth-order valence-electron chi connectivity index (χ4n) is 4.76. The first-order valence-electron chi connectivity index (χ1n) is 10.9. The largest absolute Gasteiger partial charge is 0.355 e. The average Bonchev–Trinajstić information content (AvgIpc) is 3.13. The second kappa shape index (κ2) is 8.07. The highest BCUT2D eigenvalue weighted by Crippen LogP contribution is 2.31. The van der Waals surface area contributed by atoms with E-state index in [2.05, 4.69) is 15.3 Å². The highest BCUT2D eigenvalue weighted by atomic mass is 16.2. The van der Waals surface area contributed by atoms with Crippen LogP contribution in [0.2, 0.25) is 0 Å². The van der Waals surface area contributed by atoms with E-state index in [9.17, 15) is 4.79 Å². The van der Waals surface area contributed by atoms with Crippen LogP contribution in [0.3, 0.4) is 0 Å². The topological polar surface area (TPSA) is 65.8 Å². The van der Waals surface area contributed by atoms with Gasteiger partial charge in [0, 0.05) is 50.4 Å². The molecule has 1 atom stereocenters. The van der Waals surface area contributed by atoms with Gasteiger partial charge in [-0.05, 0) is 37.9 Å². The van der Waals surface area contributed by atoms with Crippen LogP contribution in [0, 0.1) is 5.92 Å². The molecule has 2 aromatic heterocycles. The van der Waals surface area contributed by atoms with E-state index < -0.39 is 0 Å². The second-order valence-electron chi connectivity index (χ2n) is 8.23. The summed E-state index contributed by atoms with van der Waals surface area (Å²) in [5, 5.41) is 8.06. The van der Waals surface area contributed by atoms with Crippen LogP contribution in [0.15, 0.2) is 42.6 Å². The fourth-order valence-corrected chi connectivity index (χ4v) is 4.76. The summed E-state index contributed by atoms with van der Waals surface area (Å²) in [6.45, 7) is 3.56. The van der Waals surface area contributed by atoms with E-state index in [0.717, 1.165) is 74.7 Å². The fraction of sp³-hybridized carbons (Fsp3) is 0.435. The van der Waals surface area contributed by atoms with Crippen molar-refractivity contribution in [2.75, 3.05) is 43.0 Å². The van der Waals surface area contributed by atoms with Gasteiger partial charge in [0.05, 0.1) is 17.8 Å². The van der Waals surface area contributed by atoms with Crippen LogP contribution in [-0.2, 0) is 17.6 Å². The summed E-state index contributed by atoms with van der Waals surface area (Å²) >= 11 is 0. The normalized spacial score (nSPS) is 19.4. The Balaban J connectivity index is 1.46. The van der Waals surface area contributed by atoms with Crippen molar-refractivity contribution >= 4 is 23.1 Å². The van der Waals surface area contributed by atoms with E-state index in [4.69, 9.17) is 4.98 Å². The number of aromatic nitrogens is 3. The molecule has 0 saturated carbocycles. The van der Waals surface area contributed by atoms with Gasteiger partial charge in [0.2, 0.25) is 5.91 Å². The Morgan fingerprint density at radius 2 is 2.00 bits per heavy atom. The van der Waals surface area contributed by atoms with Gasteiger partial charge in [-0.15, -0.1) is 0 Å². The monoisotopic (exact) mass is 404 g/mol. The van der Waals surface area contributed by atoms with Crippen molar-refractivity contribution in [1.29, 1.82) is 0 Å². The zero-order valence-electron chi connectivity index (χ0n) is 17.4. The molecule has 7 nitrogen and oxygen atoms in total. The average molecular weight is 405 g/mol. The Morgan fingerprint density at radius 1 is 1.17 bits per heavy atom. The number of carbonyl (C=O) groups excluding carboxylic acids is 1. The quantitative estimate of drug-likeness (QED) is 0.726. The van der Waals surface area contributed by atoms with E-state index >= 15 is 0 Å². The Kier molecular flexibility index (Phi) is 5.12. The molecule has 1 unspecified atom stereocenters. The molecule has 2 aliphatic rings. The number of anilines is 2. The Labute approximate surface area is 176 Å². The number of nitrogens with one attached hydrogen (secondary N) is 1. The van der Waals surface area contributed by atoms with Crippen molar-refractivity contribution < 1.29 is 4.79 Å². The second-order valence-corrected chi connectivity index (χ2v) is 8.23. The van der Waals surface area contributed by atoms with Gasteiger partial charge in [-0.3, -0.25) is 4.79 Å². The standard InChI is InChI=1S/C23H28N6O/c1-27(18-7-3-2-4-8-18)23(30)17-6-5-15-28(16-17)22-19-9-12-24-13-10-20(19)26-21-11-14-25-29(21)22/h2-4,7-8,11,14,17,24H,5-6,9-10,12-13,15-16H2,1H3. The van der Waals surface area contributed by atoms with E-state index in [-0.39, 0.29) is 11.8 Å². The van der Waals surface area contributed by atoms with Crippen LogP contribution in [0.1, 0.15) is 24.1 Å². The van der Waals surface area contributed by atoms with Gasteiger partial charge in [-0.1, -0.05) is 18.2 Å². The predicted octanol–water partition coefficient (Wildman–Crippen LogP) is 2.30. The Hall–Kier alpha value is -2.93. The van der Waals surface area contributed by atoms with E-state index in [1.165, 1.54) is 5.56 Å². The van der Waals surface area contributed by atoms with Crippen LogP contribution in [-0.4, -0.2) is 53.7 Å². The lowest BCUT2D eigenvalue weighted by atomic mass is 9.95. The molecule has 1 N–H and O–H groups in total. The molecule has 5 rings (SSSR count). The number of piperidine rings is 1. The number of amides is 1. The van der Waals surface area contributed by atoms with Gasteiger partial charge in [-0.2, -0.15) is 9.61 Å². The molecule has 4 heterocycles.